The van der Waals surface area contributed by atoms with E-state index in [1.54, 1.807) is 9.80 Å². The topological polar surface area (TPSA) is 69.3 Å². The molecule has 1 aromatic rings. The van der Waals surface area contributed by atoms with Crippen LogP contribution in [-0.2, 0) is 4.79 Å². The zero-order valence-corrected chi connectivity index (χ0v) is 13.3. The highest BCUT2D eigenvalue weighted by Crippen LogP contribution is 2.39. The van der Waals surface area contributed by atoms with Crippen molar-refractivity contribution in [2.45, 2.75) is 51.0 Å². The molecule has 1 saturated carbocycles. The smallest absolute Gasteiger partial charge is 0.275 e. The predicted molar refractivity (Wildman–Crippen MR) is 82.5 cm³/mol. The van der Waals surface area contributed by atoms with Crippen molar-refractivity contribution in [1.82, 2.24) is 20.0 Å². The van der Waals surface area contributed by atoms with Gasteiger partial charge in [0.2, 0.25) is 5.91 Å². The lowest BCUT2D eigenvalue weighted by Crippen LogP contribution is -2.57. The summed E-state index contributed by atoms with van der Waals surface area (Å²) < 4.78 is 0. The van der Waals surface area contributed by atoms with Gasteiger partial charge in [-0.1, -0.05) is 19.8 Å². The van der Waals surface area contributed by atoms with Crippen molar-refractivity contribution in [2.24, 2.45) is 0 Å². The molecule has 0 bridgehead atoms. The van der Waals surface area contributed by atoms with Crippen LogP contribution in [-0.4, -0.2) is 58.0 Å². The van der Waals surface area contributed by atoms with Crippen LogP contribution in [0.1, 0.15) is 61.1 Å². The van der Waals surface area contributed by atoms with Crippen LogP contribution < -0.4 is 0 Å². The lowest BCUT2D eigenvalue weighted by molar-refractivity contribution is -0.138. The molecule has 3 rings (SSSR count). The zero-order chi connectivity index (χ0) is 15.7. The molecule has 0 radical (unpaired) electrons. The largest absolute Gasteiger partial charge is 0.342 e. The van der Waals surface area contributed by atoms with Crippen molar-refractivity contribution in [2.75, 3.05) is 20.1 Å². The molecule has 6 heteroatoms. The van der Waals surface area contributed by atoms with E-state index in [-0.39, 0.29) is 17.9 Å². The van der Waals surface area contributed by atoms with Gasteiger partial charge in [-0.25, -0.2) is 0 Å². The minimum absolute atomic E-state index is 0.0472. The molecule has 6 nitrogen and oxygen atoms in total. The van der Waals surface area contributed by atoms with Crippen molar-refractivity contribution in [3.8, 4) is 0 Å². The van der Waals surface area contributed by atoms with Crippen LogP contribution in [0.15, 0.2) is 6.07 Å². The number of nitrogens with one attached hydrogen (secondary N) is 1. The summed E-state index contributed by atoms with van der Waals surface area (Å²) in [7, 11) is 1.81. The number of likely N-dealkylation sites (N-methyl/N-ethyl adjacent to an activating group) is 1. The van der Waals surface area contributed by atoms with E-state index in [1.807, 2.05) is 13.1 Å². The van der Waals surface area contributed by atoms with Gasteiger partial charge in [0.25, 0.3) is 5.91 Å². The van der Waals surface area contributed by atoms with E-state index in [0.29, 0.717) is 24.7 Å². The molecule has 1 saturated heterocycles. The maximum Gasteiger partial charge on any atom is 0.275 e. The van der Waals surface area contributed by atoms with Gasteiger partial charge in [0, 0.05) is 31.7 Å². The quantitative estimate of drug-likeness (QED) is 0.901. The number of hydrogen-bond donors (Lipinski definition) is 1. The van der Waals surface area contributed by atoms with Crippen molar-refractivity contribution in [3.05, 3.63) is 17.5 Å². The minimum atomic E-state index is -0.340. The van der Waals surface area contributed by atoms with Gasteiger partial charge in [-0.2, -0.15) is 5.10 Å². The fourth-order valence-electron chi connectivity index (χ4n) is 3.03. The third kappa shape index (κ3) is 2.87. The Morgan fingerprint density at radius 2 is 2.18 bits per heavy atom. The number of rotatable bonds is 5. The SMILES string of the molecule is CCCC[C@@H]1C(=O)N(C)CCN1C(=O)c1cc(C2CC2)[nH]n1. The molecule has 2 fully saturated rings. The van der Waals surface area contributed by atoms with E-state index in [0.717, 1.165) is 25.0 Å². The Balaban J connectivity index is 1.76. The second-order valence-electron chi connectivity index (χ2n) is 6.40. The fourth-order valence-corrected chi connectivity index (χ4v) is 3.03. The fraction of sp³-hybridized carbons (Fsp3) is 0.688. The molecule has 0 aromatic carbocycles. The molecule has 0 unspecified atom stereocenters. The van der Waals surface area contributed by atoms with Crippen molar-refractivity contribution < 1.29 is 9.59 Å². The minimum Gasteiger partial charge on any atom is -0.342 e. The van der Waals surface area contributed by atoms with Crippen LogP contribution >= 0.6 is 0 Å². The predicted octanol–water partition coefficient (Wildman–Crippen LogP) is 1.76. The first-order valence-corrected chi connectivity index (χ1v) is 8.23. The maximum absolute atomic E-state index is 12.8. The molecular formula is C16H24N4O2. The second-order valence-corrected chi connectivity index (χ2v) is 6.40. The Kier molecular flexibility index (Phi) is 4.18. The number of hydrogen-bond acceptors (Lipinski definition) is 3. The van der Waals surface area contributed by atoms with Crippen LogP contribution in [0.3, 0.4) is 0 Å². The number of amides is 2. The number of aromatic nitrogens is 2. The summed E-state index contributed by atoms with van der Waals surface area (Å²) in [6.45, 7) is 3.27. The highest BCUT2D eigenvalue weighted by atomic mass is 16.2. The lowest BCUT2D eigenvalue weighted by atomic mass is 10.0. The molecule has 1 atom stereocenters. The first-order chi connectivity index (χ1) is 10.6. The van der Waals surface area contributed by atoms with Crippen LogP contribution in [0, 0.1) is 0 Å². The number of carbonyl (C=O) groups is 2. The van der Waals surface area contributed by atoms with Gasteiger partial charge in [0.1, 0.15) is 11.7 Å². The highest BCUT2D eigenvalue weighted by Gasteiger charge is 2.37. The number of nitrogens with zero attached hydrogens (tertiary/aromatic N) is 3. The summed E-state index contributed by atoms with van der Waals surface area (Å²) in [4.78, 5) is 28.6. The van der Waals surface area contributed by atoms with Crippen LogP contribution in [0.2, 0.25) is 0 Å². The Bertz CT molecular complexity index is 564. The normalized spacial score (nSPS) is 22.3. The van der Waals surface area contributed by atoms with E-state index >= 15 is 0 Å². The molecular weight excluding hydrogens is 280 g/mol. The lowest BCUT2D eigenvalue weighted by Gasteiger charge is -2.38. The first-order valence-electron chi connectivity index (χ1n) is 8.23. The monoisotopic (exact) mass is 304 g/mol. The van der Waals surface area contributed by atoms with Crippen molar-refractivity contribution in [1.29, 1.82) is 0 Å². The van der Waals surface area contributed by atoms with Gasteiger partial charge in [-0.15, -0.1) is 0 Å². The zero-order valence-electron chi connectivity index (χ0n) is 13.3. The van der Waals surface area contributed by atoms with Gasteiger partial charge in [0.05, 0.1) is 0 Å². The first kappa shape index (κ1) is 15.1. The summed E-state index contributed by atoms with van der Waals surface area (Å²) in [5, 5.41) is 7.14. The number of piperazine rings is 1. The van der Waals surface area contributed by atoms with Gasteiger partial charge in [0.15, 0.2) is 0 Å². The highest BCUT2D eigenvalue weighted by molar-refractivity contribution is 5.96. The number of H-pyrrole nitrogens is 1. The molecule has 22 heavy (non-hydrogen) atoms. The summed E-state index contributed by atoms with van der Waals surface area (Å²) in [6, 6.07) is 1.52. The van der Waals surface area contributed by atoms with E-state index in [1.165, 1.54) is 12.8 Å². The van der Waals surface area contributed by atoms with Crippen LogP contribution in [0.25, 0.3) is 0 Å². The van der Waals surface area contributed by atoms with Gasteiger partial charge in [-0.05, 0) is 25.3 Å². The van der Waals surface area contributed by atoms with Crippen LogP contribution in [0.4, 0.5) is 0 Å². The van der Waals surface area contributed by atoms with Gasteiger partial charge >= 0.3 is 0 Å². The molecule has 0 spiro atoms. The molecule has 1 N–H and O–H groups in total. The maximum atomic E-state index is 12.8. The van der Waals surface area contributed by atoms with E-state index in [2.05, 4.69) is 17.1 Å². The molecule has 2 aliphatic rings. The third-order valence-electron chi connectivity index (χ3n) is 4.64. The Labute approximate surface area is 130 Å². The summed E-state index contributed by atoms with van der Waals surface area (Å²) in [5.74, 6) is 0.468. The number of unbranched alkanes of at least 4 members (excludes halogenated alkanes) is 1. The Morgan fingerprint density at radius 1 is 1.41 bits per heavy atom. The van der Waals surface area contributed by atoms with Crippen molar-refractivity contribution in [3.63, 3.8) is 0 Å². The molecule has 2 heterocycles. The summed E-state index contributed by atoms with van der Waals surface area (Å²) >= 11 is 0. The van der Waals surface area contributed by atoms with Crippen LogP contribution in [0.5, 0.6) is 0 Å². The number of carbonyl (C=O) groups excluding carboxylic acids is 2. The summed E-state index contributed by atoms with van der Waals surface area (Å²) in [6.07, 6.45) is 5.03. The molecule has 1 aliphatic heterocycles. The van der Waals surface area contributed by atoms with E-state index in [9.17, 15) is 9.59 Å². The molecule has 2 amide bonds. The number of aromatic amines is 1. The average molecular weight is 304 g/mol. The summed E-state index contributed by atoms with van der Waals surface area (Å²) in [5.41, 5.74) is 1.50. The average Bonchev–Trinajstić information content (AvgIpc) is 3.25. The molecule has 1 aliphatic carbocycles. The van der Waals surface area contributed by atoms with Crippen molar-refractivity contribution >= 4 is 11.8 Å². The van der Waals surface area contributed by atoms with Gasteiger partial charge < -0.3 is 9.80 Å². The molecule has 120 valence electrons. The van der Waals surface area contributed by atoms with Gasteiger partial charge in [-0.3, -0.25) is 14.7 Å². The molecule has 1 aromatic heterocycles. The standard InChI is InChI=1S/C16H24N4O2/c1-3-4-5-14-16(22)19(2)8-9-20(14)15(21)13-10-12(17-18-13)11-6-7-11/h10-11,14H,3-9H2,1-2H3,(H,17,18)/t14-/m1/s1. The van der Waals surface area contributed by atoms with E-state index in [4.69, 9.17) is 0 Å². The second kappa shape index (κ2) is 6.10. The third-order valence-corrected chi connectivity index (χ3v) is 4.64. The van der Waals surface area contributed by atoms with E-state index < -0.39 is 0 Å². The Morgan fingerprint density at radius 3 is 2.86 bits per heavy atom. The Hall–Kier alpha value is -1.85.